The van der Waals surface area contributed by atoms with Crippen LogP contribution in [0.25, 0.3) is 0 Å². The van der Waals surface area contributed by atoms with E-state index in [1.807, 2.05) is 0 Å². The summed E-state index contributed by atoms with van der Waals surface area (Å²) in [5.74, 6) is -0.254. The number of H-pyrrole nitrogens is 1. The third kappa shape index (κ3) is 3.47. The van der Waals surface area contributed by atoms with Crippen molar-refractivity contribution in [3.63, 3.8) is 0 Å². The Labute approximate surface area is 109 Å². The molecule has 9 heteroatoms. The van der Waals surface area contributed by atoms with Gasteiger partial charge in [-0.2, -0.15) is 13.2 Å². The molecule has 2 aromatic heterocycles. The van der Waals surface area contributed by atoms with Crippen LogP contribution in [-0.4, -0.2) is 15.0 Å². The van der Waals surface area contributed by atoms with Crippen LogP contribution in [0.2, 0.25) is 0 Å². The molecule has 0 bridgehead atoms. The van der Waals surface area contributed by atoms with Crippen molar-refractivity contribution in [3.05, 3.63) is 40.3 Å². The lowest BCUT2D eigenvalue weighted by Gasteiger charge is -2.08. The number of hydrogen-bond donors (Lipinski definition) is 2. The second-order valence-electron chi connectivity index (χ2n) is 3.46. The molecule has 0 fully saturated rings. The number of nitrogens with two attached hydrogens (primary N) is 1. The lowest BCUT2D eigenvalue weighted by Crippen LogP contribution is -2.08. The first-order valence-electron chi connectivity index (χ1n) is 4.92. The van der Waals surface area contributed by atoms with Gasteiger partial charge in [0.25, 0.3) is 5.56 Å². The SMILES string of the molecule is Nc1cc(C(F)(F)F)cc(Sc2nccc(=O)[nH]2)n1. The van der Waals surface area contributed by atoms with Crippen molar-refractivity contribution in [1.82, 2.24) is 15.0 Å². The zero-order valence-corrected chi connectivity index (χ0v) is 10.0. The molecule has 2 heterocycles. The third-order valence-electron chi connectivity index (χ3n) is 2.00. The van der Waals surface area contributed by atoms with Gasteiger partial charge in [-0.15, -0.1) is 0 Å². The number of aromatic amines is 1. The Morgan fingerprint density at radius 2 is 2.05 bits per heavy atom. The Morgan fingerprint density at radius 3 is 2.68 bits per heavy atom. The molecule has 0 atom stereocenters. The minimum atomic E-state index is -4.51. The molecule has 19 heavy (non-hydrogen) atoms. The zero-order valence-electron chi connectivity index (χ0n) is 9.23. The highest BCUT2D eigenvalue weighted by molar-refractivity contribution is 7.99. The van der Waals surface area contributed by atoms with E-state index in [4.69, 9.17) is 5.73 Å². The molecule has 0 aromatic carbocycles. The van der Waals surface area contributed by atoms with Gasteiger partial charge in [-0.3, -0.25) is 4.79 Å². The number of nitrogens with zero attached hydrogens (tertiary/aromatic N) is 2. The minimum absolute atomic E-state index is 0.00155. The standard InChI is InChI=1S/C10H7F3N4OS/c11-10(12,13)5-3-6(14)16-8(4-5)19-9-15-2-1-7(18)17-9/h1-4H,(H2,14,16)(H,15,17,18). The Hall–Kier alpha value is -2.03. The highest BCUT2D eigenvalue weighted by atomic mass is 32.2. The molecule has 0 radical (unpaired) electrons. The molecule has 3 N–H and O–H groups in total. The molecule has 2 rings (SSSR count). The maximum atomic E-state index is 12.6. The van der Waals surface area contributed by atoms with Crippen LogP contribution < -0.4 is 11.3 Å². The number of hydrogen-bond acceptors (Lipinski definition) is 5. The summed E-state index contributed by atoms with van der Waals surface area (Å²) in [5, 5.41) is 0.139. The van der Waals surface area contributed by atoms with Crippen molar-refractivity contribution in [1.29, 1.82) is 0 Å². The van der Waals surface area contributed by atoms with Crippen molar-refractivity contribution >= 4 is 17.6 Å². The van der Waals surface area contributed by atoms with E-state index in [0.29, 0.717) is 0 Å². The van der Waals surface area contributed by atoms with Gasteiger partial charge in [0.05, 0.1) is 5.56 Å². The van der Waals surface area contributed by atoms with Gasteiger partial charge in [-0.25, -0.2) is 9.97 Å². The van der Waals surface area contributed by atoms with Crippen LogP contribution in [0.1, 0.15) is 5.56 Å². The maximum absolute atomic E-state index is 12.6. The zero-order chi connectivity index (χ0) is 14.0. The highest BCUT2D eigenvalue weighted by Crippen LogP contribution is 2.33. The van der Waals surface area contributed by atoms with Gasteiger partial charge in [-0.05, 0) is 23.9 Å². The molecule has 2 aromatic rings. The fourth-order valence-corrected chi connectivity index (χ4v) is 2.04. The molecule has 0 unspecified atom stereocenters. The summed E-state index contributed by atoms with van der Waals surface area (Å²) in [6, 6.07) is 2.78. The van der Waals surface area contributed by atoms with Crippen LogP contribution in [-0.2, 0) is 6.18 Å². The van der Waals surface area contributed by atoms with Crippen molar-refractivity contribution in [2.75, 3.05) is 5.73 Å². The van der Waals surface area contributed by atoms with Crippen LogP contribution in [0.15, 0.2) is 39.4 Å². The number of halogens is 3. The first-order chi connectivity index (χ1) is 8.84. The van der Waals surface area contributed by atoms with E-state index < -0.39 is 17.3 Å². The molecule has 0 saturated heterocycles. The summed E-state index contributed by atoms with van der Waals surface area (Å²) < 4.78 is 37.8. The van der Waals surface area contributed by atoms with Crippen molar-refractivity contribution < 1.29 is 13.2 Å². The Kier molecular flexibility index (Phi) is 3.47. The average molecular weight is 288 g/mol. The predicted molar refractivity (Wildman–Crippen MR) is 62.6 cm³/mol. The van der Waals surface area contributed by atoms with E-state index in [-0.39, 0.29) is 16.0 Å². The number of nitrogen functional groups attached to an aromatic ring is 1. The first-order valence-corrected chi connectivity index (χ1v) is 5.74. The summed E-state index contributed by atoms with van der Waals surface area (Å²) in [5.41, 5.74) is 4.02. The summed E-state index contributed by atoms with van der Waals surface area (Å²) in [6.07, 6.45) is -3.26. The van der Waals surface area contributed by atoms with Gasteiger partial charge in [-0.1, -0.05) is 0 Å². The fourth-order valence-electron chi connectivity index (χ4n) is 1.24. The largest absolute Gasteiger partial charge is 0.416 e. The summed E-state index contributed by atoms with van der Waals surface area (Å²) in [4.78, 5) is 21.0. The monoisotopic (exact) mass is 288 g/mol. The van der Waals surface area contributed by atoms with E-state index in [1.54, 1.807) is 0 Å². The van der Waals surface area contributed by atoms with Crippen LogP contribution in [0, 0.1) is 0 Å². The number of rotatable bonds is 2. The van der Waals surface area contributed by atoms with Gasteiger partial charge in [0.1, 0.15) is 10.8 Å². The molecule has 5 nitrogen and oxygen atoms in total. The molecule has 0 spiro atoms. The molecule has 0 saturated carbocycles. The molecular weight excluding hydrogens is 281 g/mol. The lowest BCUT2D eigenvalue weighted by atomic mass is 10.2. The topological polar surface area (TPSA) is 84.7 Å². The summed E-state index contributed by atoms with van der Waals surface area (Å²) in [7, 11) is 0. The lowest BCUT2D eigenvalue weighted by molar-refractivity contribution is -0.137. The number of aromatic nitrogens is 3. The minimum Gasteiger partial charge on any atom is -0.384 e. The summed E-state index contributed by atoms with van der Waals surface area (Å²) >= 11 is 0.788. The molecule has 0 aliphatic heterocycles. The number of pyridine rings is 1. The van der Waals surface area contributed by atoms with Crippen LogP contribution in [0.4, 0.5) is 19.0 Å². The van der Waals surface area contributed by atoms with Crippen LogP contribution in [0.3, 0.4) is 0 Å². The van der Waals surface area contributed by atoms with Crippen molar-refractivity contribution in [2.24, 2.45) is 0 Å². The Morgan fingerprint density at radius 1 is 1.32 bits per heavy atom. The third-order valence-corrected chi connectivity index (χ3v) is 2.82. The van der Waals surface area contributed by atoms with Crippen LogP contribution >= 0.6 is 11.8 Å². The van der Waals surface area contributed by atoms with Gasteiger partial charge < -0.3 is 10.7 Å². The van der Waals surface area contributed by atoms with Gasteiger partial charge >= 0.3 is 6.18 Å². The molecule has 0 aliphatic rings. The number of anilines is 1. The van der Waals surface area contributed by atoms with E-state index in [9.17, 15) is 18.0 Å². The maximum Gasteiger partial charge on any atom is 0.416 e. The molecule has 0 aliphatic carbocycles. The van der Waals surface area contributed by atoms with E-state index in [0.717, 1.165) is 23.9 Å². The predicted octanol–water partition coefficient (Wildman–Crippen LogP) is 1.92. The van der Waals surface area contributed by atoms with E-state index in [2.05, 4.69) is 15.0 Å². The molecular formula is C10H7F3N4OS. The van der Waals surface area contributed by atoms with Gasteiger partial charge in [0, 0.05) is 12.3 Å². The Balaban J connectivity index is 2.36. The quantitative estimate of drug-likeness (QED) is 0.825. The average Bonchev–Trinajstić information content (AvgIpc) is 2.26. The van der Waals surface area contributed by atoms with Crippen molar-refractivity contribution in [3.8, 4) is 0 Å². The second kappa shape index (κ2) is 4.92. The fraction of sp³-hybridized carbons (Fsp3) is 0.100. The molecule has 0 amide bonds. The number of nitrogens with one attached hydrogen (secondary N) is 1. The Bertz CT molecular complexity index is 656. The van der Waals surface area contributed by atoms with Crippen LogP contribution in [0.5, 0.6) is 0 Å². The van der Waals surface area contributed by atoms with Gasteiger partial charge in [0.2, 0.25) is 0 Å². The van der Waals surface area contributed by atoms with E-state index in [1.165, 1.54) is 12.3 Å². The summed E-state index contributed by atoms with van der Waals surface area (Å²) in [6.45, 7) is 0. The van der Waals surface area contributed by atoms with Crippen molar-refractivity contribution in [2.45, 2.75) is 16.4 Å². The van der Waals surface area contributed by atoms with Gasteiger partial charge in [0.15, 0.2) is 5.16 Å². The first kappa shape index (κ1) is 13.4. The second-order valence-corrected chi connectivity index (χ2v) is 4.47. The molecule has 100 valence electrons. The van der Waals surface area contributed by atoms with E-state index >= 15 is 0 Å². The smallest absolute Gasteiger partial charge is 0.384 e. The normalized spacial score (nSPS) is 11.5. The highest BCUT2D eigenvalue weighted by Gasteiger charge is 2.31. The number of alkyl halides is 3.